The number of aliphatic carboxylic acids is 1. The Bertz CT molecular complexity index is 1410. The summed E-state index contributed by atoms with van der Waals surface area (Å²) in [6.07, 6.45) is -1.30. The standard InChI is InChI=1S/C32H42ClF2N5O3.C2HF3O2/c1-2-4-26-21-39(29(31(42)37-16-14-34)20-23-6-10-24(33)11-7-23)17-18-40(26)32(43)28(19-22-8-12-25(35)13-9-22)38-30(41)27-5-3-15-36-27;3-2(4,5)1(6)7/h6-13,26-29,36H,2-5,14-21H2,1H3,(H,37,42)(H,38,41);(H,6,7). The number of hydrogen-bond acceptors (Lipinski definition) is 6. The summed E-state index contributed by atoms with van der Waals surface area (Å²) < 4.78 is 58.3. The molecule has 16 heteroatoms. The van der Waals surface area contributed by atoms with Crippen molar-refractivity contribution in [3.8, 4) is 0 Å². The Kier molecular flexibility index (Phi) is 15.9. The third-order valence-electron chi connectivity index (χ3n) is 8.49. The molecule has 2 aliphatic heterocycles. The van der Waals surface area contributed by atoms with Crippen LogP contribution in [0.4, 0.5) is 22.0 Å². The second-order valence-electron chi connectivity index (χ2n) is 12.1. The molecule has 2 aromatic carbocycles. The van der Waals surface area contributed by atoms with E-state index >= 15 is 0 Å². The van der Waals surface area contributed by atoms with Gasteiger partial charge in [0, 0.05) is 43.7 Å². The molecule has 4 rings (SSSR count). The minimum Gasteiger partial charge on any atom is -0.475 e. The van der Waals surface area contributed by atoms with Gasteiger partial charge >= 0.3 is 12.1 Å². The van der Waals surface area contributed by atoms with Crippen LogP contribution in [-0.2, 0) is 32.0 Å². The number of amides is 3. The smallest absolute Gasteiger partial charge is 0.475 e. The van der Waals surface area contributed by atoms with Gasteiger partial charge in [-0.15, -0.1) is 0 Å². The Balaban J connectivity index is 0.000000872. The monoisotopic (exact) mass is 731 g/mol. The van der Waals surface area contributed by atoms with Gasteiger partial charge in [0.25, 0.3) is 0 Å². The predicted molar refractivity (Wildman–Crippen MR) is 177 cm³/mol. The lowest BCUT2D eigenvalue weighted by Crippen LogP contribution is -2.63. The molecule has 2 heterocycles. The first-order valence-corrected chi connectivity index (χ1v) is 16.8. The van der Waals surface area contributed by atoms with Crippen LogP contribution in [0, 0.1) is 5.82 Å². The quantitative estimate of drug-likeness (QED) is 0.230. The van der Waals surface area contributed by atoms with E-state index in [4.69, 9.17) is 21.5 Å². The van der Waals surface area contributed by atoms with E-state index in [0.717, 1.165) is 30.5 Å². The fourth-order valence-corrected chi connectivity index (χ4v) is 6.12. The van der Waals surface area contributed by atoms with Gasteiger partial charge < -0.3 is 26.0 Å². The highest BCUT2D eigenvalue weighted by Crippen LogP contribution is 2.22. The molecule has 0 aliphatic carbocycles. The topological polar surface area (TPSA) is 131 Å². The van der Waals surface area contributed by atoms with Crippen LogP contribution < -0.4 is 16.0 Å². The molecule has 10 nitrogen and oxygen atoms in total. The molecule has 276 valence electrons. The zero-order chi connectivity index (χ0) is 36.8. The number of carbonyl (C=O) groups is 4. The Morgan fingerprint density at radius 1 is 1.02 bits per heavy atom. The summed E-state index contributed by atoms with van der Waals surface area (Å²) in [6, 6.07) is 11.4. The molecular weight excluding hydrogens is 689 g/mol. The first kappa shape index (κ1) is 40.6. The summed E-state index contributed by atoms with van der Waals surface area (Å²) >= 11 is 6.06. The van der Waals surface area contributed by atoms with Gasteiger partial charge in [0.05, 0.1) is 12.1 Å². The largest absolute Gasteiger partial charge is 0.490 e. The van der Waals surface area contributed by atoms with E-state index in [0.29, 0.717) is 43.9 Å². The lowest BCUT2D eigenvalue weighted by molar-refractivity contribution is -0.192. The number of carboxylic acids is 1. The molecule has 0 aromatic heterocycles. The van der Waals surface area contributed by atoms with Crippen LogP contribution in [0.25, 0.3) is 0 Å². The lowest BCUT2D eigenvalue weighted by Gasteiger charge is -2.45. The van der Waals surface area contributed by atoms with E-state index in [1.54, 1.807) is 24.3 Å². The summed E-state index contributed by atoms with van der Waals surface area (Å²) in [5.41, 5.74) is 1.68. The number of alkyl halides is 4. The van der Waals surface area contributed by atoms with E-state index in [1.807, 2.05) is 24.0 Å². The van der Waals surface area contributed by atoms with Crippen LogP contribution in [0.1, 0.15) is 43.7 Å². The van der Waals surface area contributed by atoms with Crippen molar-refractivity contribution < 1.29 is 46.2 Å². The number of hydrogen-bond donors (Lipinski definition) is 4. The zero-order valence-corrected chi connectivity index (χ0v) is 28.4. The van der Waals surface area contributed by atoms with E-state index in [9.17, 15) is 36.3 Å². The summed E-state index contributed by atoms with van der Waals surface area (Å²) in [5.74, 6) is -3.78. The number of benzene rings is 2. The van der Waals surface area contributed by atoms with E-state index in [-0.39, 0.29) is 48.6 Å². The van der Waals surface area contributed by atoms with Gasteiger partial charge in [-0.2, -0.15) is 13.2 Å². The molecule has 0 bridgehead atoms. The maximum Gasteiger partial charge on any atom is 0.490 e. The van der Waals surface area contributed by atoms with Crippen LogP contribution in [0.2, 0.25) is 5.02 Å². The Morgan fingerprint density at radius 3 is 2.20 bits per heavy atom. The predicted octanol–water partition coefficient (Wildman–Crippen LogP) is 3.90. The third-order valence-corrected chi connectivity index (χ3v) is 8.74. The minimum atomic E-state index is -5.08. The highest BCUT2D eigenvalue weighted by atomic mass is 35.5. The molecule has 50 heavy (non-hydrogen) atoms. The van der Waals surface area contributed by atoms with E-state index in [2.05, 4.69) is 20.9 Å². The lowest BCUT2D eigenvalue weighted by atomic mass is 9.98. The van der Waals surface area contributed by atoms with Crippen molar-refractivity contribution in [2.75, 3.05) is 39.4 Å². The minimum absolute atomic E-state index is 0.0621. The zero-order valence-electron chi connectivity index (χ0n) is 27.7. The number of piperazine rings is 1. The van der Waals surface area contributed by atoms with Crippen molar-refractivity contribution in [3.05, 3.63) is 70.5 Å². The van der Waals surface area contributed by atoms with Crippen molar-refractivity contribution in [2.24, 2.45) is 0 Å². The molecule has 2 fully saturated rings. The molecule has 4 atom stereocenters. The van der Waals surface area contributed by atoms with Crippen LogP contribution in [0.15, 0.2) is 48.5 Å². The molecule has 3 amide bonds. The number of halogens is 6. The van der Waals surface area contributed by atoms with Gasteiger partial charge in [-0.3, -0.25) is 19.3 Å². The van der Waals surface area contributed by atoms with Crippen molar-refractivity contribution in [1.82, 2.24) is 25.8 Å². The van der Waals surface area contributed by atoms with Crippen LogP contribution in [0.5, 0.6) is 0 Å². The van der Waals surface area contributed by atoms with Gasteiger partial charge in [-0.05, 0) is 67.6 Å². The maximum atomic E-state index is 14.1. The van der Waals surface area contributed by atoms with Crippen molar-refractivity contribution in [3.63, 3.8) is 0 Å². The molecule has 2 aromatic rings. The highest BCUT2D eigenvalue weighted by Gasteiger charge is 2.39. The van der Waals surface area contributed by atoms with Gasteiger partial charge in [-0.1, -0.05) is 49.2 Å². The van der Waals surface area contributed by atoms with Gasteiger partial charge in [-0.25, -0.2) is 13.6 Å². The first-order valence-electron chi connectivity index (χ1n) is 16.4. The second kappa shape index (κ2) is 19.5. The Labute approximate surface area is 292 Å². The van der Waals surface area contributed by atoms with Gasteiger partial charge in [0.2, 0.25) is 17.7 Å². The molecule has 0 spiro atoms. The summed E-state index contributed by atoms with van der Waals surface area (Å²) in [5, 5.41) is 16.6. The van der Waals surface area contributed by atoms with Gasteiger partial charge in [0.1, 0.15) is 18.5 Å². The highest BCUT2D eigenvalue weighted by molar-refractivity contribution is 6.30. The first-order chi connectivity index (χ1) is 23.7. The molecule has 2 saturated heterocycles. The van der Waals surface area contributed by atoms with Crippen LogP contribution in [-0.4, -0.2) is 108 Å². The van der Waals surface area contributed by atoms with Crippen LogP contribution >= 0.6 is 11.6 Å². The fourth-order valence-electron chi connectivity index (χ4n) is 5.99. The Hall–Kier alpha value is -3.82. The number of nitrogens with zero attached hydrogens (tertiary/aromatic N) is 2. The number of carboxylic acid groups (broad SMARTS) is 1. The number of rotatable bonds is 13. The molecule has 0 saturated carbocycles. The SMILES string of the molecule is CCCC1CN(C(Cc2ccc(Cl)cc2)C(=O)NCCF)CCN1C(=O)C(Cc1ccc(F)cc1)NC(=O)C1CCCN1.O=C(O)C(F)(F)F. The van der Waals surface area contributed by atoms with Gasteiger partial charge in [0.15, 0.2) is 0 Å². The van der Waals surface area contributed by atoms with Crippen molar-refractivity contribution in [2.45, 2.75) is 75.8 Å². The average Bonchev–Trinajstić information content (AvgIpc) is 3.63. The third kappa shape index (κ3) is 12.5. The van der Waals surface area contributed by atoms with Crippen LogP contribution in [0.3, 0.4) is 0 Å². The average molecular weight is 732 g/mol. The Morgan fingerprint density at radius 2 is 1.64 bits per heavy atom. The summed E-state index contributed by atoms with van der Waals surface area (Å²) in [7, 11) is 0. The van der Waals surface area contributed by atoms with E-state index in [1.165, 1.54) is 12.1 Å². The molecular formula is C34H43ClF5N5O5. The fraction of sp³-hybridized carbons (Fsp3) is 0.529. The van der Waals surface area contributed by atoms with Crippen molar-refractivity contribution in [1.29, 1.82) is 0 Å². The van der Waals surface area contributed by atoms with Crippen molar-refractivity contribution >= 4 is 35.3 Å². The maximum absolute atomic E-state index is 14.1. The summed E-state index contributed by atoms with van der Waals surface area (Å²) in [4.78, 5) is 53.3. The summed E-state index contributed by atoms with van der Waals surface area (Å²) in [6.45, 7) is 3.35. The molecule has 4 unspecified atom stereocenters. The molecule has 2 aliphatic rings. The van der Waals surface area contributed by atoms with E-state index < -0.39 is 30.9 Å². The normalized spacial score (nSPS) is 19.1. The number of carbonyl (C=O) groups excluding carboxylic acids is 3. The number of nitrogens with one attached hydrogen (secondary N) is 3. The molecule has 4 N–H and O–H groups in total. The second-order valence-corrected chi connectivity index (χ2v) is 12.6. The molecule has 0 radical (unpaired) electrons.